The maximum absolute atomic E-state index is 12.5. The Kier molecular flexibility index (Phi) is 5.16. The van der Waals surface area contributed by atoms with Crippen LogP contribution in [-0.2, 0) is 0 Å². The number of hydrogen-bond donors (Lipinski definition) is 0. The quantitative estimate of drug-likeness (QED) is 0.435. The van der Waals surface area contributed by atoms with Crippen LogP contribution in [0.3, 0.4) is 0 Å². The minimum absolute atomic E-state index is 0.0304. The first kappa shape index (κ1) is 16.9. The molecule has 1 aromatic heterocycles. The smallest absolute Gasteiger partial charge is 0.277 e. The van der Waals surface area contributed by atoms with E-state index in [4.69, 9.17) is 4.42 Å². The van der Waals surface area contributed by atoms with Gasteiger partial charge in [-0.25, -0.2) is 0 Å². The van der Waals surface area contributed by atoms with Gasteiger partial charge in [-0.1, -0.05) is 57.5 Å². The number of halogens is 1. The molecule has 3 rings (SSSR count). The van der Waals surface area contributed by atoms with Crippen molar-refractivity contribution in [1.82, 2.24) is 10.2 Å². The average molecular weight is 403 g/mol. The summed E-state index contributed by atoms with van der Waals surface area (Å²) in [6.45, 7) is 3.85. The summed E-state index contributed by atoms with van der Waals surface area (Å²) in [5.74, 6) is 0.493. The van der Waals surface area contributed by atoms with Crippen LogP contribution in [0.25, 0.3) is 11.5 Å². The number of thioether (sulfide) groups is 1. The number of carbonyl (C=O) groups is 1. The van der Waals surface area contributed by atoms with Crippen molar-refractivity contribution in [2.45, 2.75) is 24.3 Å². The molecular formula is C18H15BrN2O2S. The molecule has 24 heavy (non-hydrogen) atoms. The molecule has 1 heterocycles. The third-order valence-corrected chi connectivity index (χ3v) is 4.91. The SMILES string of the molecule is Cc1cccc(-c2nnc(S[C@H](C)C(=O)c3ccc(Br)cc3)o2)c1. The summed E-state index contributed by atoms with van der Waals surface area (Å²) in [6.07, 6.45) is 0. The lowest BCUT2D eigenvalue weighted by Gasteiger charge is -2.07. The number of aromatic nitrogens is 2. The van der Waals surface area contributed by atoms with Crippen molar-refractivity contribution < 1.29 is 9.21 Å². The third kappa shape index (κ3) is 3.94. The number of Topliss-reactive ketones (excluding diaryl/α,β-unsaturated/α-hetero) is 1. The van der Waals surface area contributed by atoms with Crippen molar-refractivity contribution >= 4 is 33.5 Å². The van der Waals surface area contributed by atoms with E-state index in [9.17, 15) is 4.79 Å². The molecule has 0 saturated heterocycles. The molecule has 0 bridgehead atoms. The normalized spacial score (nSPS) is 12.1. The lowest BCUT2D eigenvalue weighted by atomic mass is 10.1. The topological polar surface area (TPSA) is 56.0 Å². The standard InChI is InChI=1S/C18H15BrN2O2S/c1-11-4-3-5-14(10-11)17-20-21-18(23-17)24-12(2)16(22)13-6-8-15(19)9-7-13/h3-10,12H,1-2H3/t12-/m1/s1. The van der Waals surface area contributed by atoms with Gasteiger partial charge in [-0.3, -0.25) is 4.79 Å². The van der Waals surface area contributed by atoms with Gasteiger partial charge in [0.15, 0.2) is 5.78 Å². The molecule has 2 aromatic carbocycles. The van der Waals surface area contributed by atoms with Crippen molar-refractivity contribution in [2.75, 3.05) is 0 Å². The highest BCUT2D eigenvalue weighted by atomic mass is 79.9. The van der Waals surface area contributed by atoms with Crippen molar-refractivity contribution in [3.05, 3.63) is 64.1 Å². The van der Waals surface area contributed by atoms with Gasteiger partial charge in [0, 0.05) is 15.6 Å². The molecule has 0 spiro atoms. The molecule has 6 heteroatoms. The lowest BCUT2D eigenvalue weighted by Crippen LogP contribution is -2.13. The van der Waals surface area contributed by atoms with Crippen LogP contribution in [0, 0.1) is 6.92 Å². The van der Waals surface area contributed by atoms with E-state index < -0.39 is 0 Å². The Hall–Kier alpha value is -1.92. The Bertz CT molecular complexity index is 861. The predicted molar refractivity (Wildman–Crippen MR) is 98.3 cm³/mol. The van der Waals surface area contributed by atoms with Gasteiger partial charge in [0.25, 0.3) is 5.22 Å². The van der Waals surface area contributed by atoms with E-state index in [0.717, 1.165) is 15.6 Å². The molecule has 0 aliphatic carbocycles. The van der Waals surface area contributed by atoms with Crippen LogP contribution in [-0.4, -0.2) is 21.2 Å². The molecule has 0 aliphatic rings. The highest BCUT2D eigenvalue weighted by Gasteiger charge is 2.20. The van der Waals surface area contributed by atoms with Gasteiger partial charge in [-0.05, 0) is 38.1 Å². The van der Waals surface area contributed by atoms with Gasteiger partial charge in [-0.15, -0.1) is 10.2 Å². The monoisotopic (exact) mass is 402 g/mol. The highest BCUT2D eigenvalue weighted by Crippen LogP contribution is 2.28. The highest BCUT2D eigenvalue weighted by molar-refractivity contribution is 9.10. The maximum Gasteiger partial charge on any atom is 0.277 e. The zero-order valence-electron chi connectivity index (χ0n) is 13.2. The van der Waals surface area contributed by atoms with Gasteiger partial charge in [0.05, 0.1) is 5.25 Å². The fraction of sp³-hybridized carbons (Fsp3) is 0.167. The summed E-state index contributed by atoms with van der Waals surface area (Å²) in [7, 11) is 0. The van der Waals surface area contributed by atoms with Crippen molar-refractivity contribution in [1.29, 1.82) is 0 Å². The Morgan fingerprint density at radius 3 is 2.62 bits per heavy atom. The van der Waals surface area contributed by atoms with Crippen LogP contribution in [0.15, 0.2) is 62.6 Å². The summed E-state index contributed by atoms with van der Waals surface area (Å²) < 4.78 is 6.63. The van der Waals surface area contributed by atoms with E-state index in [1.807, 2.05) is 50.2 Å². The van der Waals surface area contributed by atoms with Crippen LogP contribution < -0.4 is 0 Å². The van der Waals surface area contributed by atoms with Crippen LogP contribution in [0.1, 0.15) is 22.8 Å². The summed E-state index contributed by atoms with van der Waals surface area (Å²) >= 11 is 4.63. The summed E-state index contributed by atoms with van der Waals surface area (Å²) in [5, 5.41) is 8.19. The Morgan fingerprint density at radius 2 is 1.92 bits per heavy atom. The fourth-order valence-electron chi connectivity index (χ4n) is 2.21. The number of ketones is 1. The maximum atomic E-state index is 12.5. The van der Waals surface area contributed by atoms with Crippen LogP contribution >= 0.6 is 27.7 Å². The Labute approximate surface area is 152 Å². The Morgan fingerprint density at radius 1 is 1.17 bits per heavy atom. The van der Waals surface area contributed by atoms with Crippen LogP contribution in [0.2, 0.25) is 0 Å². The van der Waals surface area contributed by atoms with Gasteiger partial charge >= 0.3 is 0 Å². The summed E-state index contributed by atoms with van der Waals surface area (Å²) in [6, 6.07) is 15.2. The van der Waals surface area contributed by atoms with E-state index in [1.54, 1.807) is 12.1 Å². The molecule has 122 valence electrons. The molecular weight excluding hydrogens is 388 g/mol. The molecule has 0 amide bonds. The first-order chi connectivity index (χ1) is 11.5. The molecule has 0 aliphatic heterocycles. The van der Waals surface area contributed by atoms with E-state index in [1.165, 1.54) is 11.8 Å². The van der Waals surface area contributed by atoms with Gasteiger partial charge < -0.3 is 4.42 Å². The largest absolute Gasteiger partial charge is 0.411 e. The Balaban J connectivity index is 1.72. The summed E-state index contributed by atoms with van der Waals surface area (Å²) in [5.41, 5.74) is 2.66. The van der Waals surface area contributed by atoms with Gasteiger partial charge in [0.1, 0.15) is 0 Å². The van der Waals surface area contributed by atoms with Crippen molar-refractivity contribution in [3.8, 4) is 11.5 Å². The minimum atomic E-state index is -0.308. The molecule has 0 fully saturated rings. The van der Waals surface area contributed by atoms with E-state index in [0.29, 0.717) is 16.7 Å². The number of benzene rings is 2. The van der Waals surface area contributed by atoms with Gasteiger partial charge in [-0.2, -0.15) is 0 Å². The molecule has 0 saturated carbocycles. The second-order valence-electron chi connectivity index (χ2n) is 5.37. The molecule has 4 nitrogen and oxygen atoms in total. The van der Waals surface area contributed by atoms with Crippen LogP contribution in [0.5, 0.6) is 0 Å². The molecule has 0 radical (unpaired) electrons. The van der Waals surface area contributed by atoms with Crippen LogP contribution in [0.4, 0.5) is 0 Å². The lowest BCUT2D eigenvalue weighted by molar-refractivity contribution is 0.0993. The number of nitrogens with zero attached hydrogens (tertiary/aromatic N) is 2. The summed E-state index contributed by atoms with van der Waals surface area (Å²) in [4.78, 5) is 12.5. The number of aryl methyl sites for hydroxylation is 1. The minimum Gasteiger partial charge on any atom is -0.411 e. The first-order valence-corrected chi connectivity index (χ1v) is 9.07. The number of rotatable bonds is 5. The molecule has 0 unspecified atom stereocenters. The van der Waals surface area contributed by atoms with E-state index in [2.05, 4.69) is 26.1 Å². The van der Waals surface area contributed by atoms with E-state index >= 15 is 0 Å². The molecule has 0 N–H and O–H groups in total. The zero-order valence-corrected chi connectivity index (χ0v) is 15.6. The fourth-order valence-corrected chi connectivity index (χ4v) is 3.23. The average Bonchev–Trinajstić information content (AvgIpc) is 3.03. The second kappa shape index (κ2) is 7.32. The first-order valence-electron chi connectivity index (χ1n) is 7.40. The predicted octanol–water partition coefficient (Wildman–Crippen LogP) is 5.17. The molecule has 3 aromatic rings. The second-order valence-corrected chi connectivity index (χ2v) is 7.58. The number of carbonyl (C=O) groups excluding carboxylic acids is 1. The number of hydrogen-bond acceptors (Lipinski definition) is 5. The van der Waals surface area contributed by atoms with Gasteiger partial charge in [0.2, 0.25) is 5.89 Å². The van der Waals surface area contributed by atoms with Crippen molar-refractivity contribution in [3.63, 3.8) is 0 Å². The van der Waals surface area contributed by atoms with Crippen molar-refractivity contribution in [2.24, 2.45) is 0 Å². The zero-order chi connectivity index (χ0) is 17.1. The third-order valence-electron chi connectivity index (χ3n) is 3.45. The molecule has 1 atom stereocenters. The van der Waals surface area contributed by atoms with E-state index in [-0.39, 0.29) is 11.0 Å².